The van der Waals surface area contributed by atoms with Crippen molar-refractivity contribution in [1.29, 1.82) is 0 Å². The molecule has 0 bridgehead atoms. The van der Waals surface area contributed by atoms with Gasteiger partial charge in [-0.2, -0.15) is 0 Å². The second-order valence-electron chi connectivity index (χ2n) is 9.40. The van der Waals surface area contributed by atoms with Crippen molar-refractivity contribution in [2.24, 2.45) is 0 Å². The van der Waals surface area contributed by atoms with Crippen LogP contribution in [0.2, 0.25) is 0 Å². The minimum atomic E-state index is -0.682. The zero-order chi connectivity index (χ0) is 28.1. The van der Waals surface area contributed by atoms with Crippen molar-refractivity contribution in [2.75, 3.05) is 33.7 Å². The SMILES string of the molecule is CC.CC(=O)n1cc(C(=O)N2CCN(Cc3ccc(F)cc3)C[C@H]2C)c2cc(C(=O)C(=O)N(C)C)ccc21. The average molecular weight is 523 g/mol. The van der Waals surface area contributed by atoms with Crippen LogP contribution in [0.5, 0.6) is 0 Å². The second-order valence-corrected chi connectivity index (χ2v) is 9.40. The lowest BCUT2D eigenvalue weighted by atomic mass is 10.0. The van der Waals surface area contributed by atoms with Crippen LogP contribution in [0.15, 0.2) is 48.7 Å². The van der Waals surface area contributed by atoms with E-state index >= 15 is 0 Å². The summed E-state index contributed by atoms with van der Waals surface area (Å²) in [5, 5.41) is 0.452. The standard InChI is InChI=1S/C27H29FN4O4.C2H6/c1-17-14-30(15-19-5-8-21(28)9-6-19)11-12-31(17)26(35)23-16-32(18(2)33)24-10-7-20(13-22(23)24)25(34)27(36)29(3)4;1-2/h5-10,13,16-17H,11-12,14-15H2,1-4H3;1-2H3/t17-;/m1./s1. The maximum Gasteiger partial charge on any atom is 0.294 e. The van der Waals surface area contributed by atoms with Gasteiger partial charge in [-0.05, 0) is 42.8 Å². The molecule has 4 rings (SSSR count). The lowest BCUT2D eigenvalue weighted by molar-refractivity contribution is -0.124. The zero-order valence-corrected chi connectivity index (χ0v) is 22.8. The molecule has 38 heavy (non-hydrogen) atoms. The highest BCUT2D eigenvalue weighted by molar-refractivity contribution is 6.43. The third-order valence-corrected chi connectivity index (χ3v) is 6.53. The number of nitrogens with zero attached hydrogens (tertiary/aromatic N) is 4. The summed E-state index contributed by atoms with van der Waals surface area (Å²) in [5.74, 6) is -2.13. The quantitative estimate of drug-likeness (QED) is 0.373. The summed E-state index contributed by atoms with van der Waals surface area (Å²) in [6.07, 6.45) is 1.51. The van der Waals surface area contributed by atoms with Gasteiger partial charge in [0.25, 0.3) is 11.8 Å². The van der Waals surface area contributed by atoms with Crippen LogP contribution in [-0.4, -0.2) is 82.5 Å². The predicted molar refractivity (Wildman–Crippen MR) is 145 cm³/mol. The number of likely N-dealkylation sites (N-methyl/N-ethyl adjacent to an activating group) is 1. The van der Waals surface area contributed by atoms with E-state index in [-0.39, 0.29) is 29.2 Å². The molecule has 3 aromatic rings. The summed E-state index contributed by atoms with van der Waals surface area (Å²) in [6.45, 7) is 9.77. The fourth-order valence-corrected chi connectivity index (χ4v) is 4.61. The maximum atomic E-state index is 13.7. The number of rotatable bonds is 5. The largest absolute Gasteiger partial charge is 0.342 e. The van der Waals surface area contributed by atoms with Gasteiger partial charge in [0, 0.05) is 70.4 Å². The number of carbonyl (C=O) groups is 4. The molecule has 0 N–H and O–H groups in total. The number of hydrogen-bond donors (Lipinski definition) is 0. The highest BCUT2D eigenvalue weighted by atomic mass is 19.1. The van der Waals surface area contributed by atoms with Gasteiger partial charge in [0.2, 0.25) is 11.7 Å². The van der Waals surface area contributed by atoms with Crippen LogP contribution < -0.4 is 0 Å². The number of hydrogen-bond acceptors (Lipinski definition) is 5. The molecule has 1 aliphatic heterocycles. The summed E-state index contributed by atoms with van der Waals surface area (Å²) in [7, 11) is 2.99. The van der Waals surface area contributed by atoms with E-state index in [1.165, 1.54) is 60.9 Å². The van der Waals surface area contributed by atoms with Gasteiger partial charge in [0.1, 0.15) is 5.82 Å². The van der Waals surface area contributed by atoms with E-state index in [9.17, 15) is 23.6 Å². The number of benzene rings is 2. The van der Waals surface area contributed by atoms with Crippen LogP contribution in [0, 0.1) is 5.82 Å². The molecule has 0 unspecified atom stereocenters. The molecular weight excluding hydrogens is 487 g/mol. The molecule has 1 aliphatic rings. The molecule has 1 atom stereocenters. The maximum absolute atomic E-state index is 13.7. The normalized spacial score (nSPS) is 15.6. The molecular formula is C29H35FN4O4. The molecule has 0 aliphatic carbocycles. The summed E-state index contributed by atoms with van der Waals surface area (Å²) in [5.41, 5.74) is 1.97. The molecule has 1 fully saturated rings. The molecule has 2 aromatic carbocycles. The number of halogens is 1. The van der Waals surface area contributed by atoms with Gasteiger partial charge in [-0.15, -0.1) is 0 Å². The van der Waals surface area contributed by atoms with Gasteiger partial charge >= 0.3 is 0 Å². The molecule has 0 radical (unpaired) electrons. The van der Waals surface area contributed by atoms with Gasteiger partial charge in [-0.25, -0.2) is 4.39 Å². The number of piperazine rings is 1. The fraction of sp³-hybridized carbons (Fsp3) is 0.379. The Labute approximate surface area is 222 Å². The summed E-state index contributed by atoms with van der Waals surface area (Å²) >= 11 is 0. The van der Waals surface area contributed by atoms with Gasteiger partial charge in [-0.1, -0.05) is 26.0 Å². The van der Waals surface area contributed by atoms with Crippen LogP contribution in [0.4, 0.5) is 4.39 Å². The summed E-state index contributed by atoms with van der Waals surface area (Å²) in [6, 6.07) is 10.9. The summed E-state index contributed by atoms with van der Waals surface area (Å²) in [4.78, 5) is 55.9. The van der Waals surface area contributed by atoms with E-state index < -0.39 is 11.7 Å². The monoisotopic (exact) mass is 522 g/mol. The molecule has 2 amide bonds. The van der Waals surface area contributed by atoms with E-state index in [1.807, 2.05) is 20.8 Å². The number of amides is 2. The third-order valence-electron chi connectivity index (χ3n) is 6.53. The summed E-state index contributed by atoms with van der Waals surface area (Å²) < 4.78 is 14.6. The van der Waals surface area contributed by atoms with Crippen molar-refractivity contribution in [3.63, 3.8) is 0 Å². The van der Waals surface area contributed by atoms with Gasteiger partial charge in [0.15, 0.2) is 0 Å². The van der Waals surface area contributed by atoms with E-state index in [1.54, 1.807) is 23.1 Å². The first-order valence-electron chi connectivity index (χ1n) is 12.8. The highest BCUT2D eigenvalue weighted by Crippen LogP contribution is 2.26. The molecule has 0 saturated carbocycles. The minimum absolute atomic E-state index is 0.109. The number of aromatic nitrogens is 1. The van der Waals surface area contributed by atoms with Crippen LogP contribution in [0.1, 0.15) is 58.8 Å². The van der Waals surface area contributed by atoms with Crippen LogP contribution >= 0.6 is 0 Å². The number of fused-ring (bicyclic) bond motifs is 1. The molecule has 1 aromatic heterocycles. The average Bonchev–Trinajstić information content (AvgIpc) is 3.29. The van der Waals surface area contributed by atoms with Gasteiger partial charge < -0.3 is 9.80 Å². The first kappa shape index (κ1) is 28.7. The zero-order valence-electron chi connectivity index (χ0n) is 22.8. The topological polar surface area (TPSA) is 82.9 Å². The highest BCUT2D eigenvalue weighted by Gasteiger charge is 2.31. The third kappa shape index (κ3) is 5.99. The lowest BCUT2D eigenvalue weighted by Crippen LogP contribution is -2.53. The molecule has 2 heterocycles. The molecule has 8 nitrogen and oxygen atoms in total. The Balaban J connectivity index is 0.00000195. The number of Topliss-reactive ketones (excluding diaryl/α,β-unsaturated/α-hetero) is 1. The predicted octanol–water partition coefficient (Wildman–Crippen LogP) is 4.08. The first-order chi connectivity index (χ1) is 18.1. The van der Waals surface area contributed by atoms with Crippen molar-refractivity contribution in [3.8, 4) is 0 Å². The van der Waals surface area contributed by atoms with E-state index in [4.69, 9.17) is 0 Å². The first-order valence-corrected chi connectivity index (χ1v) is 12.8. The van der Waals surface area contributed by atoms with Crippen LogP contribution in [0.25, 0.3) is 10.9 Å². The van der Waals surface area contributed by atoms with Gasteiger partial charge in [-0.3, -0.25) is 28.6 Å². The molecule has 202 valence electrons. The Bertz CT molecular complexity index is 1350. The van der Waals surface area contributed by atoms with Crippen molar-refractivity contribution >= 4 is 34.4 Å². The number of ketones is 1. The van der Waals surface area contributed by atoms with Crippen molar-refractivity contribution in [1.82, 2.24) is 19.3 Å². The van der Waals surface area contributed by atoms with Crippen LogP contribution in [0.3, 0.4) is 0 Å². The number of carbonyl (C=O) groups excluding carboxylic acids is 4. The lowest BCUT2D eigenvalue weighted by Gasteiger charge is -2.40. The Morgan fingerprint density at radius 1 is 1.00 bits per heavy atom. The van der Waals surface area contributed by atoms with E-state index in [2.05, 4.69) is 4.90 Å². The molecule has 9 heteroatoms. The molecule has 0 spiro atoms. The van der Waals surface area contributed by atoms with Crippen molar-refractivity contribution < 1.29 is 23.6 Å². The van der Waals surface area contributed by atoms with Gasteiger partial charge in [0.05, 0.1) is 11.1 Å². The van der Waals surface area contributed by atoms with E-state index in [0.717, 1.165) is 5.56 Å². The fourth-order valence-electron chi connectivity index (χ4n) is 4.61. The second kappa shape index (κ2) is 12.1. The Morgan fingerprint density at radius 2 is 1.66 bits per heavy atom. The Morgan fingerprint density at radius 3 is 2.24 bits per heavy atom. The van der Waals surface area contributed by atoms with Crippen molar-refractivity contribution in [3.05, 3.63) is 71.2 Å². The van der Waals surface area contributed by atoms with E-state index in [0.29, 0.717) is 42.6 Å². The van der Waals surface area contributed by atoms with Crippen LogP contribution in [-0.2, 0) is 11.3 Å². The molecule has 1 saturated heterocycles. The Kier molecular flexibility index (Phi) is 9.17. The smallest absolute Gasteiger partial charge is 0.294 e. The Hall–Kier alpha value is -3.85. The van der Waals surface area contributed by atoms with Crippen molar-refractivity contribution in [2.45, 2.75) is 40.3 Å². The minimum Gasteiger partial charge on any atom is -0.342 e.